The minimum Gasteiger partial charge on any atom is -0.365 e. The molecule has 0 radical (unpaired) electrons. The maximum absolute atomic E-state index is 4.28. The lowest BCUT2D eigenvalue weighted by Gasteiger charge is -2.05. The molecule has 5 nitrogen and oxygen atoms in total. The summed E-state index contributed by atoms with van der Waals surface area (Å²) in [5, 5.41) is 12.8. The Kier molecular flexibility index (Phi) is 2.71. The Bertz CT molecular complexity index is 685. The molecule has 6 heteroatoms. The highest BCUT2D eigenvalue weighted by molar-refractivity contribution is 7.08. The fourth-order valence-corrected chi connectivity index (χ4v) is 2.71. The molecule has 0 aliphatic rings. The van der Waals surface area contributed by atoms with Gasteiger partial charge in [-0.05, 0) is 28.8 Å². The molecule has 0 aliphatic carbocycles. The van der Waals surface area contributed by atoms with Gasteiger partial charge < -0.3 is 5.32 Å². The third-order valence-electron chi connectivity index (χ3n) is 2.94. The van der Waals surface area contributed by atoms with Crippen LogP contribution in [0.15, 0.2) is 23.3 Å². The number of nitrogens with one attached hydrogen (secondary N) is 1. The summed E-state index contributed by atoms with van der Waals surface area (Å²) in [5.74, 6) is 0.832. The van der Waals surface area contributed by atoms with Crippen LogP contribution in [0, 0.1) is 6.92 Å². The van der Waals surface area contributed by atoms with Crippen LogP contribution in [0.3, 0.4) is 0 Å². The predicted octanol–water partition coefficient (Wildman–Crippen LogP) is 2.35. The maximum Gasteiger partial charge on any atom is 0.163 e. The zero-order valence-electron chi connectivity index (χ0n) is 10.2. The molecule has 18 heavy (non-hydrogen) atoms. The first-order valence-corrected chi connectivity index (χ1v) is 6.58. The maximum atomic E-state index is 4.28. The summed E-state index contributed by atoms with van der Waals surface area (Å²) in [5.41, 5.74) is 3.45. The average molecular weight is 259 g/mol. The molecule has 0 saturated heterocycles. The van der Waals surface area contributed by atoms with E-state index in [0.29, 0.717) is 0 Å². The second kappa shape index (κ2) is 4.38. The molecule has 92 valence electrons. The molecule has 3 aromatic rings. The molecule has 3 heterocycles. The minimum atomic E-state index is 0.774. The van der Waals surface area contributed by atoms with Gasteiger partial charge in [0, 0.05) is 13.6 Å². The molecule has 0 unspecified atom stereocenters. The van der Waals surface area contributed by atoms with Gasteiger partial charge in [-0.25, -0.2) is 9.97 Å². The molecular weight excluding hydrogens is 246 g/mol. The summed E-state index contributed by atoms with van der Waals surface area (Å²) >= 11 is 1.72. The van der Waals surface area contributed by atoms with Gasteiger partial charge in [0.15, 0.2) is 5.65 Å². The number of aryl methyl sites for hydroxylation is 2. The third kappa shape index (κ3) is 1.84. The minimum absolute atomic E-state index is 0.774. The van der Waals surface area contributed by atoms with Gasteiger partial charge in [-0.2, -0.15) is 16.4 Å². The van der Waals surface area contributed by atoms with Crippen molar-refractivity contribution in [2.24, 2.45) is 7.05 Å². The highest BCUT2D eigenvalue weighted by Gasteiger charge is 2.07. The van der Waals surface area contributed by atoms with Crippen LogP contribution < -0.4 is 5.32 Å². The molecule has 0 bridgehead atoms. The number of nitrogens with zero attached hydrogens (tertiary/aromatic N) is 4. The summed E-state index contributed by atoms with van der Waals surface area (Å²) in [7, 11) is 1.88. The van der Waals surface area contributed by atoms with Gasteiger partial charge in [0.05, 0.1) is 11.6 Å². The van der Waals surface area contributed by atoms with Crippen LogP contribution in [0.4, 0.5) is 5.82 Å². The van der Waals surface area contributed by atoms with Crippen molar-refractivity contribution in [3.63, 3.8) is 0 Å². The van der Waals surface area contributed by atoms with E-state index in [9.17, 15) is 0 Å². The van der Waals surface area contributed by atoms with Crippen molar-refractivity contribution in [2.75, 3.05) is 5.32 Å². The second-order valence-corrected chi connectivity index (χ2v) is 4.90. The molecule has 1 N–H and O–H groups in total. The lowest BCUT2D eigenvalue weighted by atomic mass is 10.2. The van der Waals surface area contributed by atoms with Crippen molar-refractivity contribution in [3.8, 4) is 0 Å². The molecule has 3 aromatic heterocycles. The Morgan fingerprint density at radius 1 is 1.33 bits per heavy atom. The Hall–Kier alpha value is -1.95. The van der Waals surface area contributed by atoms with Gasteiger partial charge in [0.25, 0.3) is 0 Å². The molecule has 0 saturated carbocycles. The van der Waals surface area contributed by atoms with Crippen molar-refractivity contribution >= 4 is 28.2 Å². The van der Waals surface area contributed by atoms with Crippen molar-refractivity contribution < 1.29 is 0 Å². The van der Waals surface area contributed by atoms with Gasteiger partial charge in [0.1, 0.15) is 12.1 Å². The number of anilines is 1. The van der Waals surface area contributed by atoms with Crippen LogP contribution in [0.5, 0.6) is 0 Å². The molecule has 0 amide bonds. The van der Waals surface area contributed by atoms with Crippen LogP contribution in [-0.4, -0.2) is 19.7 Å². The van der Waals surface area contributed by atoms with Gasteiger partial charge >= 0.3 is 0 Å². The van der Waals surface area contributed by atoms with Crippen LogP contribution >= 0.6 is 11.3 Å². The van der Waals surface area contributed by atoms with E-state index < -0.39 is 0 Å². The van der Waals surface area contributed by atoms with E-state index >= 15 is 0 Å². The first-order valence-electron chi connectivity index (χ1n) is 5.64. The predicted molar refractivity (Wildman–Crippen MR) is 72.7 cm³/mol. The Labute approximate surface area is 109 Å². The summed E-state index contributed by atoms with van der Waals surface area (Å²) in [6, 6.07) is 0. The topological polar surface area (TPSA) is 55.6 Å². The van der Waals surface area contributed by atoms with Gasteiger partial charge in [-0.15, -0.1) is 0 Å². The Morgan fingerprint density at radius 2 is 2.22 bits per heavy atom. The van der Waals surface area contributed by atoms with Gasteiger partial charge in [-0.3, -0.25) is 4.68 Å². The molecular formula is C12H13N5S. The van der Waals surface area contributed by atoms with E-state index in [2.05, 4.69) is 38.1 Å². The fourth-order valence-electron chi connectivity index (χ4n) is 1.85. The number of hydrogen-bond acceptors (Lipinski definition) is 5. The van der Waals surface area contributed by atoms with Crippen molar-refractivity contribution in [3.05, 3.63) is 34.4 Å². The number of aromatic nitrogens is 4. The highest BCUT2D eigenvalue weighted by atomic mass is 32.1. The number of fused-ring (bicyclic) bond motifs is 1. The monoisotopic (exact) mass is 259 g/mol. The van der Waals surface area contributed by atoms with Crippen LogP contribution in [0.1, 0.15) is 11.1 Å². The van der Waals surface area contributed by atoms with E-state index in [1.807, 2.05) is 7.05 Å². The highest BCUT2D eigenvalue weighted by Crippen LogP contribution is 2.20. The molecule has 0 atom stereocenters. The third-order valence-corrected chi connectivity index (χ3v) is 3.85. The summed E-state index contributed by atoms with van der Waals surface area (Å²) < 4.78 is 1.75. The fraction of sp³-hybridized carbons (Fsp3) is 0.250. The number of hydrogen-bond donors (Lipinski definition) is 1. The van der Waals surface area contributed by atoms with Gasteiger partial charge in [-0.1, -0.05) is 0 Å². The van der Waals surface area contributed by atoms with Crippen molar-refractivity contribution in [1.82, 2.24) is 19.7 Å². The quantitative estimate of drug-likeness (QED) is 0.784. The van der Waals surface area contributed by atoms with E-state index in [4.69, 9.17) is 0 Å². The average Bonchev–Trinajstić information content (AvgIpc) is 2.95. The SMILES string of the molecule is Cc1cscc1CNc1ncnc2c1cnn2C. The molecule has 0 fully saturated rings. The lowest BCUT2D eigenvalue weighted by molar-refractivity contribution is 0.785. The van der Waals surface area contributed by atoms with Crippen molar-refractivity contribution in [1.29, 1.82) is 0 Å². The summed E-state index contributed by atoms with van der Waals surface area (Å²) in [6.07, 6.45) is 3.35. The molecule has 0 aliphatic heterocycles. The second-order valence-electron chi connectivity index (χ2n) is 4.16. The summed E-state index contributed by atoms with van der Waals surface area (Å²) in [6.45, 7) is 2.89. The van der Waals surface area contributed by atoms with Crippen molar-refractivity contribution in [2.45, 2.75) is 13.5 Å². The zero-order chi connectivity index (χ0) is 12.5. The number of thiophene rings is 1. The van der Waals surface area contributed by atoms with Crippen LogP contribution in [0.2, 0.25) is 0 Å². The zero-order valence-corrected chi connectivity index (χ0v) is 11.0. The van der Waals surface area contributed by atoms with E-state index in [0.717, 1.165) is 23.4 Å². The largest absolute Gasteiger partial charge is 0.365 e. The van der Waals surface area contributed by atoms with E-state index in [-0.39, 0.29) is 0 Å². The van der Waals surface area contributed by atoms with Crippen LogP contribution in [0.25, 0.3) is 11.0 Å². The smallest absolute Gasteiger partial charge is 0.163 e. The van der Waals surface area contributed by atoms with Gasteiger partial charge in [0.2, 0.25) is 0 Å². The Morgan fingerprint density at radius 3 is 3.00 bits per heavy atom. The standard InChI is InChI=1S/C12H13N5S/c1-8-5-18-6-9(8)3-13-11-10-4-16-17(2)12(10)15-7-14-11/h4-7H,3H2,1-2H3,(H,13,14,15). The first-order chi connectivity index (χ1) is 8.75. The molecule has 0 spiro atoms. The molecule has 0 aromatic carbocycles. The first kappa shape index (κ1) is 11.2. The summed E-state index contributed by atoms with van der Waals surface area (Å²) in [4.78, 5) is 8.49. The Balaban J connectivity index is 1.89. The lowest BCUT2D eigenvalue weighted by Crippen LogP contribution is -2.02. The number of rotatable bonds is 3. The van der Waals surface area contributed by atoms with E-state index in [1.165, 1.54) is 11.1 Å². The normalized spacial score (nSPS) is 11.0. The van der Waals surface area contributed by atoms with Crippen LogP contribution in [-0.2, 0) is 13.6 Å². The van der Waals surface area contributed by atoms with E-state index in [1.54, 1.807) is 28.5 Å². The molecule has 3 rings (SSSR count).